The third kappa shape index (κ3) is 4.42. The molecule has 8 nitrogen and oxygen atoms in total. The molecule has 4 rings (SSSR count). The molecule has 2 N–H and O–H groups in total. The summed E-state index contributed by atoms with van der Waals surface area (Å²) in [7, 11) is 0. The summed E-state index contributed by atoms with van der Waals surface area (Å²) in [5.74, 6) is 0.932. The maximum atomic E-state index is 11.7. The Kier molecular flexibility index (Phi) is 5.69. The average Bonchev–Trinajstić information content (AvgIpc) is 3.24. The second-order valence-electron chi connectivity index (χ2n) is 6.66. The highest BCUT2D eigenvalue weighted by Crippen LogP contribution is 2.33. The minimum absolute atomic E-state index is 0.242. The molecule has 0 aliphatic rings. The summed E-state index contributed by atoms with van der Waals surface area (Å²) in [6.45, 7) is 2.01. The van der Waals surface area contributed by atoms with Crippen molar-refractivity contribution in [2.75, 3.05) is 10.6 Å². The number of ether oxygens (including phenoxy) is 1. The van der Waals surface area contributed by atoms with E-state index in [1.54, 1.807) is 47.4 Å². The second kappa shape index (κ2) is 8.73. The van der Waals surface area contributed by atoms with Crippen molar-refractivity contribution in [3.8, 4) is 17.7 Å². The number of fused-ring (bicyclic) bond motifs is 1. The Balaban J connectivity index is 1.63. The minimum Gasteiger partial charge on any atom is -0.437 e. The van der Waals surface area contributed by atoms with Crippen LogP contribution in [0.25, 0.3) is 5.52 Å². The van der Waals surface area contributed by atoms with Gasteiger partial charge in [-0.15, -0.1) is 0 Å². The van der Waals surface area contributed by atoms with Gasteiger partial charge in [-0.05, 0) is 30.7 Å². The number of carbonyl (C=O) groups excluding carboxylic acids is 1. The molecule has 0 unspecified atom stereocenters. The number of amides is 1. The number of anilines is 3. The summed E-state index contributed by atoms with van der Waals surface area (Å²) in [5, 5.41) is 14.9. The van der Waals surface area contributed by atoms with E-state index in [0.717, 1.165) is 16.8 Å². The Morgan fingerprint density at radius 1 is 1.26 bits per heavy atom. The molecule has 0 bridgehead atoms. The number of aryl methyl sites for hydroxylation is 1. The van der Waals surface area contributed by atoms with Gasteiger partial charge in [0.1, 0.15) is 24.0 Å². The van der Waals surface area contributed by atoms with E-state index in [-0.39, 0.29) is 6.42 Å². The van der Waals surface area contributed by atoms with Crippen LogP contribution in [0, 0.1) is 18.3 Å². The number of rotatable bonds is 6. The number of benzene rings is 2. The fourth-order valence-electron chi connectivity index (χ4n) is 2.96. The smallest absolute Gasteiger partial charge is 0.238 e. The molecule has 4 aromatic rings. The highest BCUT2D eigenvalue weighted by molar-refractivity contribution is 6.32. The lowest BCUT2D eigenvalue weighted by Crippen LogP contribution is -2.10. The predicted molar refractivity (Wildman–Crippen MR) is 118 cm³/mol. The van der Waals surface area contributed by atoms with Crippen LogP contribution in [0.15, 0.2) is 61.2 Å². The van der Waals surface area contributed by atoms with Gasteiger partial charge in [0.2, 0.25) is 11.8 Å². The third-order valence-electron chi connectivity index (χ3n) is 4.49. The molecule has 0 atom stereocenters. The Morgan fingerprint density at radius 3 is 2.90 bits per heavy atom. The maximum absolute atomic E-state index is 11.7. The lowest BCUT2D eigenvalue weighted by atomic mass is 10.2. The number of imidazole rings is 1. The minimum atomic E-state index is -0.416. The Hall–Kier alpha value is -4.09. The van der Waals surface area contributed by atoms with Crippen molar-refractivity contribution < 1.29 is 9.53 Å². The van der Waals surface area contributed by atoms with Crippen molar-refractivity contribution in [2.24, 2.45) is 0 Å². The average molecular weight is 433 g/mol. The normalized spacial score (nSPS) is 10.5. The van der Waals surface area contributed by atoms with E-state index in [2.05, 4.69) is 20.6 Å². The number of hydrogen-bond acceptors (Lipinski definition) is 6. The molecule has 154 valence electrons. The number of nitrogens with one attached hydrogen (secondary N) is 2. The van der Waals surface area contributed by atoms with Crippen LogP contribution in [0.3, 0.4) is 0 Å². The maximum Gasteiger partial charge on any atom is 0.238 e. The first-order valence-electron chi connectivity index (χ1n) is 9.33. The van der Waals surface area contributed by atoms with E-state index in [4.69, 9.17) is 21.6 Å². The second-order valence-corrected chi connectivity index (χ2v) is 7.07. The van der Waals surface area contributed by atoms with Crippen molar-refractivity contribution in [1.82, 2.24) is 14.4 Å². The lowest BCUT2D eigenvalue weighted by molar-refractivity contribution is -0.115. The van der Waals surface area contributed by atoms with Gasteiger partial charge in [-0.1, -0.05) is 29.8 Å². The highest BCUT2D eigenvalue weighted by atomic mass is 35.5. The molecule has 31 heavy (non-hydrogen) atoms. The molecule has 0 aliphatic heterocycles. The summed E-state index contributed by atoms with van der Waals surface area (Å²) in [6, 6.07) is 14.5. The van der Waals surface area contributed by atoms with Gasteiger partial charge >= 0.3 is 0 Å². The van der Waals surface area contributed by atoms with E-state index >= 15 is 0 Å². The van der Waals surface area contributed by atoms with E-state index in [9.17, 15) is 4.79 Å². The molecule has 2 heterocycles. The van der Waals surface area contributed by atoms with Gasteiger partial charge in [-0.25, -0.2) is 9.97 Å². The van der Waals surface area contributed by atoms with Crippen LogP contribution in [0.2, 0.25) is 5.02 Å². The molecule has 1 amide bonds. The van der Waals surface area contributed by atoms with Crippen molar-refractivity contribution >= 4 is 40.2 Å². The molecule has 0 saturated heterocycles. The first kappa shape index (κ1) is 20.2. The number of aromatic nitrogens is 3. The molecule has 0 saturated carbocycles. The zero-order valence-corrected chi connectivity index (χ0v) is 17.2. The van der Waals surface area contributed by atoms with Crippen LogP contribution in [0.5, 0.6) is 11.6 Å². The van der Waals surface area contributed by atoms with Crippen molar-refractivity contribution in [3.63, 3.8) is 0 Å². The van der Waals surface area contributed by atoms with Crippen LogP contribution in [0.1, 0.15) is 12.0 Å². The highest BCUT2D eigenvalue weighted by Gasteiger charge is 2.13. The van der Waals surface area contributed by atoms with Crippen LogP contribution < -0.4 is 15.4 Å². The standard InChI is InChI=1S/C22H17ClN6O2/c1-14-4-2-3-5-17(14)28-22-18-11-25-13-29(18)21(12-26-22)31-19-10-15(6-7-16(19)23)27-20(30)8-9-24/h2-7,10-13H,8H2,1H3,(H,26,28)(H,27,30). The first-order valence-corrected chi connectivity index (χ1v) is 9.71. The van der Waals surface area contributed by atoms with Gasteiger partial charge in [0, 0.05) is 17.4 Å². The Morgan fingerprint density at radius 2 is 2.10 bits per heavy atom. The molecule has 0 radical (unpaired) electrons. The van der Waals surface area contributed by atoms with E-state index in [1.807, 2.05) is 31.2 Å². The Bertz CT molecular complexity index is 1310. The van der Waals surface area contributed by atoms with Crippen LogP contribution in [-0.2, 0) is 4.79 Å². The third-order valence-corrected chi connectivity index (χ3v) is 4.80. The summed E-state index contributed by atoms with van der Waals surface area (Å²) in [5.41, 5.74) is 3.21. The van der Waals surface area contributed by atoms with Crippen molar-refractivity contribution in [2.45, 2.75) is 13.3 Å². The molecular weight excluding hydrogens is 416 g/mol. The monoisotopic (exact) mass is 432 g/mol. The lowest BCUT2D eigenvalue weighted by Gasteiger charge is -2.14. The van der Waals surface area contributed by atoms with Gasteiger partial charge in [0.15, 0.2) is 5.82 Å². The number of carbonyl (C=O) groups is 1. The van der Waals surface area contributed by atoms with E-state index in [0.29, 0.717) is 28.2 Å². The fraction of sp³-hybridized carbons (Fsp3) is 0.0909. The topological polar surface area (TPSA) is 104 Å². The molecule has 9 heteroatoms. The molecule has 2 aromatic heterocycles. The number of nitriles is 1. The molecule has 0 fully saturated rings. The first-order chi connectivity index (χ1) is 15.0. The van der Waals surface area contributed by atoms with Gasteiger partial charge in [-0.3, -0.25) is 9.20 Å². The van der Waals surface area contributed by atoms with Crippen LogP contribution >= 0.6 is 11.6 Å². The quantitative estimate of drug-likeness (QED) is 0.440. The van der Waals surface area contributed by atoms with Crippen molar-refractivity contribution in [3.05, 3.63) is 71.8 Å². The zero-order valence-electron chi connectivity index (χ0n) is 16.5. The van der Waals surface area contributed by atoms with Gasteiger partial charge < -0.3 is 15.4 Å². The number of nitrogens with zero attached hydrogens (tertiary/aromatic N) is 4. The van der Waals surface area contributed by atoms with Gasteiger partial charge in [-0.2, -0.15) is 5.26 Å². The summed E-state index contributed by atoms with van der Waals surface area (Å²) >= 11 is 6.28. The number of halogens is 1. The molecule has 0 spiro atoms. The molecule has 2 aromatic carbocycles. The fourth-order valence-corrected chi connectivity index (χ4v) is 3.11. The van der Waals surface area contributed by atoms with E-state index < -0.39 is 5.91 Å². The van der Waals surface area contributed by atoms with Gasteiger partial charge in [0.25, 0.3) is 0 Å². The SMILES string of the molecule is Cc1ccccc1Nc1ncc(Oc2cc(NC(=O)CC#N)ccc2Cl)n2cncc12. The summed E-state index contributed by atoms with van der Waals surface area (Å²) in [4.78, 5) is 20.4. The number of para-hydroxylation sites is 1. The largest absolute Gasteiger partial charge is 0.437 e. The summed E-state index contributed by atoms with van der Waals surface area (Å²) < 4.78 is 7.72. The predicted octanol–water partition coefficient (Wildman–Crippen LogP) is 5.08. The van der Waals surface area contributed by atoms with E-state index in [1.165, 1.54) is 0 Å². The van der Waals surface area contributed by atoms with Crippen molar-refractivity contribution in [1.29, 1.82) is 5.26 Å². The molecule has 0 aliphatic carbocycles. The van der Waals surface area contributed by atoms with Gasteiger partial charge in [0.05, 0.1) is 23.5 Å². The Labute approximate surface area is 183 Å². The van der Waals surface area contributed by atoms with Crippen LogP contribution in [-0.4, -0.2) is 20.3 Å². The van der Waals surface area contributed by atoms with Crippen LogP contribution in [0.4, 0.5) is 17.2 Å². The summed E-state index contributed by atoms with van der Waals surface area (Å²) in [6.07, 6.45) is 4.61. The number of hydrogen-bond donors (Lipinski definition) is 2. The zero-order chi connectivity index (χ0) is 21.8. The molecular formula is C22H17ClN6O2.